The maximum Gasteiger partial charge on any atom is 0.221 e. The first-order valence-electron chi connectivity index (χ1n) is 7.63. The lowest BCUT2D eigenvalue weighted by atomic mass is 9.95. The Balaban J connectivity index is 1.76. The van der Waals surface area contributed by atoms with Crippen LogP contribution in [0.1, 0.15) is 45.1 Å². The number of nitrogens with one attached hydrogen (secondary N) is 2. The monoisotopic (exact) mass is 274 g/mol. The van der Waals surface area contributed by atoms with Crippen LogP contribution in [0.15, 0.2) is 30.3 Å². The lowest BCUT2D eigenvalue weighted by Gasteiger charge is -2.27. The van der Waals surface area contributed by atoms with Gasteiger partial charge in [0, 0.05) is 18.0 Å². The van der Waals surface area contributed by atoms with Gasteiger partial charge in [-0.25, -0.2) is 0 Å². The van der Waals surface area contributed by atoms with Crippen molar-refractivity contribution < 1.29 is 4.79 Å². The molecule has 1 amide bonds. The summed E-state index contributed by atoms with van der Waals surface area (Å²) in [6.45, 7) is 5.27. The number of amides is 1. The van der Waals surface area contributed by atoms with E-state index in [0.717, 1.165) is 25.8 Å². The van der Waals surface area contributed by atoms with Gasteiger partial charge in [-0.3, -0.25) is 4.79 Å². The Labute approximate surface area is 122 Å². The standard InChI is InChI=1S/C17H26N2O/c1-17(2,11-10-14-7-4-3-5-8-14)19-16(20)13-15-9-6-12-18-15/h3-5,7-8,15,18H,6,9-13H2,1-2H3,(H,19,20). The summed E-state index contributed by atoms with van der Waals surface area (Å²) in [4.78, 5) is 12.1. The molecule has 0 spiro atoms. The van der Waals surface area contributed by atoms with E-state index >= 15 is 0 Å². The third kappa shape index (κ3) is 4.97. The molecule has 1 atom stereocenters. The van der Waals surface area contributed by atoms with Crippen molar-refractivity contribution in [1.29, 1.82) is 0 Å². The summed E-state index contributed by atoms with van der Waals surface area (Å²) < 4.78 is 0. The van der Waals surface area contributed by atoms with Crippen LogP contribution in [-0.4, -0.2) is 24.0 Å². The number of carbonyl (C=O) groups excluding carboxylic acids is 1. The number of benzene rings is 1. The first kappa shape index (κ1) is 15.0. The van der Waals surface area contributed by atoms with Crippen LogP contribution in [-0.2, 0) is 11.2 Å². The number of rotatable bonds is 6. The first-order valence-corrected chi connectivity index (χ1v) is 7.63. The second-order valence-corrected chi connectivity index (χ2v) is 6.42. The van der Waals surface area contributed by atoms with E-state index in [1.165, 1.54) is 12.0 Å². The molecular formula is C17H26N2O. The van der Waals surface area contributed by atoms with E-state index in [1.807, 2.05) is 6.07 Å². The molecule has 2 rings (SSSR count). The van der Waals surface area contributed by atoms with Crippen LogP contribution < -0.4 is 10.6 Å². The summed E-state index contributed by atoms with van der Waals surface area (Å²) in [6.07, 6.45) is 4.87. The fourth-order valence-electron chi connectivity index (χ4n) is 2.75. The molecule has 0 radical (unpaired) electrons. The van der Waals surface area contributed by atoms with E-state index in [9.17, 15) is 4.79 Å². The van der Waals surface area contributed by atoms with Crippen molar-refractivity contribution in [2.24, 2.45) is 0 Å². The van der Waals surface area contributed by atoms with Crippen LogP contribution in [0.5, 0.6) is 0 Å². The maximum absolute atomic E-state index is 12.1. The Kier molecular flexibility index (Phi) is 5.18. The summed E-state index contributed by atoms with van der Waals surface area (Å²) in [5, 5.41) is 6.54. The van der Waals surface area contributed by atoms with E-state index in [0.29, 0.717) is 12.5 Å². The minimum atomic E-state index is -0.147. The summed E-state index contributed by atoms with van der Waals surface area (Å²) >= 11 is 0. The van der Waals surface area contributed by atoms with Gasteiger partial charge in [-0.15, -0.1) is 0 Å². The van der Waals surface area contributed by atoms with Gasteiger partial charge in [0.05, 0.1) is 0 Å². The van der Waals surface area contributed by atoms with Gasteiger partial charge in [-0.05, 0) is 51.6 Å². The Morgan fingerprint density at radius 2 is 2.10 bits per heavy atom. The van der Waals surface area contributed by atoms with Crippen molar-refractivity contribution in [1.82, 2.24) is 10.6 Å². The third-order valence-electron chi connectivity index (χ3n) is 3.95. The van der Waals surface area contributed by atoms with Gasteiger partial charge < -0.3 is 10.6 Å². The molecule has 1 unspecified atom stereocenters. The number of aryl methyl sites for hydroxylation is 1. The van der Waals surface area contributed by atoms with Crippen LogP contribution >= 0.6 is 0 Å². The van der Waals surface area contributed by atoms with Gasteiger partial charge >= 0.3 is 0 Å². The molecule has 0 aliphatic carbocycles. The van der Waals surface area contributed by atoms with Gasteiger partial charge in [0.25, 0.3) is 0 Å². The number of carbonyl (C=O) groups is 1. The molecule has 3 nitrogen and oxygen atoms in total. The molecule has 110 valence electrons. The van der Waals surface area contributed by atoms with Crippen molar-refractivity contribution in [2.45, 2.75) is 57.5 Å². The van der Waals surface area contributed by atoms with E-state index < -0.39 is 0 Å². The van der Waals surface area contributed by atoms with E-state index in [2.05, 4.69) is 48.7 Å². The Bertz CT molecular complexity index is 422. The largest absolute Gasteiger partial charge is 0.351 e. The zero-order valence-electron chi connectivity index (χ0n) is 12.6. The molecule has 0 saturated carbocycles. The molecule has 2 N–H and O–H groups in total. The summed E-state index contributed by atoms with van der Waals surface area (Å²) in [7, 11) is 0. The lowest BCUT2D eigenvalue weighted by Crippen LogP contribution is -2.45. The molecule has 1 aromatic rings. The van der Waals surface area contributed by atoms with Crippen molar-refractivity contribution in [3.05, 3.63) is 35.9 Å². The molecule has 3 heteroatoms. The fraction of sp³-hybridized carbons (Fsp3) is 0.588. The second kappa shape index (κ2) is 6.89. The topological polar surface area (TPSA) is 41.1 Å². The maximum atomic E-state index is 12.1. The third-order valence-corrected chi connectivity index (χ3v) is 3.95. The summed E-state index contributed by atoms with van der Waals surface area (Å²) in [6, 6.07) is 10.8. The van der Waals surface area contributed by atoms with Gasteiger partial charge in [-0.2, -0.15) is 0 Å². The van der Waals surface area contributed by atoms with Gasteiger partial charge in [0.2, 0.25) is 5.91 Å². The average Bonchev–Trinajstić information content (AvgIpc) is 2.90. The highest BCUT2D eigenvalue weighted by Crippen LogP contribution is 2.15. The normalized spacial score (nSPS) is 19.0. The van der Waals surface area contributed by atoms with Crippen LogP contribution in [0.25, 0.3) is 0 Å². The Hall–Kier alpha value is -1.35. The fourth-order valence-corrected chi connectivity index (χ4v) is 2.75. The molecule has 1 aliphatic rings. The van der Waals surface area contributed by atoms with Crippen molar-refractivity contribution in [3.63, 3.8) is 0 Å². The molecule has 1 fully saturated rings. The number of hydrogen-bond acceptors (Lipinski definition) is 2. The predicted octanol–water partition coefficient (Wildman–Crippen LogP) is 2.66. The van der Waals surface area contributed by atoms with Crippen molar-refractivity contribution in [2.75, 3.05) is 6.54 Å². The van der Waals surface area contributed by atoms with Gasteiger partial charge in [0.1, 0.15) is 0 Å². The van der Waals surface area contributed by atoms with Crippen LogP contribution in [0.4, 0.5) is 0 Å². The second-order valence-electron chi connectivity index (χ2n) is 6.42. The quantitative estimate of drug-likeness (QED) is 0.837. The van der Waals surface area contributed by atoms with E-state index in [1.54, 1.807) is 0 Å². The van der Waals surface area contributed by atoms with E-state index in [-0.39, 0.29) is 11.4 Å². The highest BCUT2D eigenvalue weighted by Gasteiger charge is 2.23. The molecule has 1 aromatic carbocycles. The first-order chi connectivity index (χ1) is 9.55. The minimum absolute atomic E-state index is 0.147. The molecule has 0 aromatic heterocycles. The van der Waals surface area contributed by atoms with E-state index in [4.69, 9.17) is 0 Å². The van der Waals surface area contributed by atoms with Crippen molar-refractivity contribution in [3.8, 4) is 0 Å². The van der Waals surface area contributed by atoms with Gasteiger partial charge in [-0.1, -0.05) is 30.3 Å². The summed E-state index contributed by atoms with van der Waals surface area (Å²) in [5.41, 5.74) is 1.18. The Morgan fingerprint density at radius 1 is 1.35 bits per heavy atom. The molecule has 0 bridgehead atoms. The highest BCUT2D eigenvalue weighted by atomic mass is 16.1. The van der Waals surface area contributed by atoms with Crippen LogP contribution in [0, 0.1) is 0 Å². The zero-order chi connectivity index (χ0) is 14.4. The number of hydrogen-bond donors (Lipinski definition) is 2. The van der Waals surface area contributed by atoms with Crippen molar-refractivity contribution >= 4 is 5.91 Å². The molecule has 1 saturated heterocycles. The lowest BCUT2D eigenvalue weighted by molar-refractivity contribution is -0.123. The molecular weight excluding hydrogens is 248 g/mol. The molecule has 20 heavy (non-hydrogen) atoms. The smallest absolute Gasteiger partial charge is 0.221 e. The van der Waals surface area contributed by atoms with Gasteiger partial charge in [0.15, 0.2) is 0 Å². The van der Waals surface area contributed by atoms with Crippen LogP contribution in [0.2, 0.25) is 0 Å². The Morgan fingerprint density at radius 3 is 2.75 bits per heavy atom. The summed E-state index contributed by atoms with van der Waals surface area (Å²) in [5.74, 6) is 0.169. The minimum Gasteiger partial charge on any atom is -0.351 e. The highest BCUT2D eigenvalue weighted by molar-refractivity contribution is 5.77. The molecule has 1 heterocycles. The van der Waals surface area contributed by atoms with Crippen LogP contribution in [0.3, 0.4) is 0 Å². The molecule has 1 aliphatic heterocycles. The zero-order valence-corrected chi connectivity index (χ0v) is 12.6. The SMILES string of the molecule is CC(C)(CCc1ccccc1)NC(=O)CC1CCCN1. The average molecular weight is 274 g/mol. The predicted molar refractivity (Wildman–Crippen MR) is 82.6 cm³/mol.